The summed E-state index contributed by atoms with van der Waals surface area (Å²) in [5.41, 5.74) is 0.331. The van der Waals surface area contributed by atoms with Crippen LogP contribution >= 0.6 is 27.5 Å². The van der Waals surface area contributed by atoms with Gasteiger partial charge in [0, 0.05) is 10.9 Å². The summed E-state index contributed by atoms with van der Waals surface area (Å²) in [6, 6.07) is 4.59. The molecule has 98 valence electrons. The predicted octanol–water partition coefficient (Wildman–Crippen LogP) is 3.48. The maximum atomic E-state index is 12.0. The van der Waals surface area contributed by atoms with Gasteiger partial charge >= 0.3 is 0 Å². The summed E-state index contributed by atoms with van der Waals surface area (Å²) in [6.45, 7) is 0. The largest absolute Gasteiger partial charge is 0.508 e. The van der Waals surface area contributed by atoms with E-state index in [2.05, 4.69) is 21.2 Å². The van der Waals surface area contributed by atoms with Crippen LogP contribution in [0.3, 0.4) is 0 Å². The highest BCUT2D eigenvalue weighted by molar-refractivity contribution is 9.09. The molecule has 1 aliphatic carbocycles. The van der Waals surface area contributed by atoms with Crippen molar-refractivity contribution in [2.45, 2.75) is 36.6 Å². The average molecular weight is 333 g/mol. The van der Waals surface area contributed by atoms with Gasteiger partial charge in [-0.2, -0.15) is 0 Å². The number of benzene rings is 1. The maximum absolute atomic E-state index is 12.0. The van der Waals surface area contributed by atoms with E-state index in [-0.39, 0.29) is 17.7 Å². The lowest BCUT2D eigenvalue weighted by Gasteiger charge is -2.26. The van der Waals surface area contributed by atoms with Crippen LogP contribution in [0.4, 0.5) is 0 Å². The molecular weight excluding hydrogens is 318 g/mol. The molecular formula is C13H15BrClNO2. The van der Waals surface area contributed by atoms with Gasteiger partial charge in [0.2, 0.25) is 0 Å². The SMILES string of the molecule is O=C(NC1CCC(Br)CC1)c1cc(O)ccc1Cl. The summed E-state index contributed by atoms with van der Waals surface area (Å²) in [5.74, 6) is -0.164. The lowest BCUT2D eigenvalue weighted by atomic mass is 9.95. The molecule has 0 heterocycles. The summed E-state index contributed by atoms with van der Waals surface area (Å²) in [6.07, 6.45) is 4.08. The van der Waals surface area contributed by atoms with Gasteiger partial charge in [-0.05, 0) is 43.9 Å². The number of rotatable bonds is 2. The number of phenols is 1. The molecule has 0 spiro atoms. The molecule has 3 nitrogen and oxygen atoms in total. The van der Waals surface area contributed by atoms with Crippen molar-refractivity contribution in [1.29, 1.82) is 0 Å². The first-order chi connectivity index (χ1) is 8.56. The molecule has 0 unspecified atom stereocenters. The van der Waals surface area contributed by atoms with Gasteiger partial charge in [0.05, 0.1) is 10.6 Å². The fourth-order valence-electron chi connectivity index (χ4n) is 2.15. The summed E-state index contributed by atoms with van der Waals surface area (Å²) >= 11 is 9.53. The number of hydrogen-bond acceptors (Lipinski definition) is 2. The van der Waals surface area contributed by atoms with Crippen LogP contribution in [-0.2, 0) is 0 Å². The number of amides is 1. The number of halogens is 2. The van der Waals surface area contributed by atoms with Crippen LogP contribution in [0, 0.1) is 0 Å². The quantitative estimate of drug-likeness (QED) is 0.815. The Morgan fingerprint density at radius 2 is 2.00 bits per heavy atom. The van der Waals surface area contributed by atoms with Crippen LogP contribution in [0.1, 0.15) is 36.0 Å². The standard InChI is InChI=1S/C13H15BrClNO2/c14-8-1-3-9(4-2-8)16-13(18)11-7-10(17)5-6-12(11)15/h5-9,17H,1-4H2,(H,16,18). The van der Waals surface area contributed by atoms with Crippen molar-refractivity contribution in [2.75, 3.05) is 0 Å². The van der Waals surface area contributed by atoms with E-state index in [1.807, 2.05) is 0 Å². The number of carbonyl (C=O) groups excluding carboxylic acids is 1. The third-order valence-electron chi connectivity index (χ3n) is 3.19. The Hall–Kier alpha value is -0.740. The van der Waals surface area contributed by atoms with Crippen molar-refractivity contribution in [3.8, 4) is 5.75 Å². The number of aromatic hydroxyl groups is 1. The van der Waals surface area contributed by atoms with Crippen molar-refractivity contribution in [3.63, 3.8) is 0 Å². The van der Waals surface area contributed by atoms with Gasteiger partial charge in [-0.25, -0.2) is 0 Å². The fourth-order valence-corrected chi connectivity index (χ4v) is 2.88. The molecule has 1 amide bonds. The second-order valence-corrected chi connectivity index (χ2v) is 6.29. The van der Waals surface area contributed by atoms with E-state index in [0.29, 0.717) is 15.4 Å². The molecule has 18 heavy (non-hydrogen) atoms. The van der Waals surface area contributed by atoms with E-state index >= 15 is 0 Å². The molecule has 2 N–H and O–H groups in total. The Morgan fingerprint density at radius 3 is 2.67 bits per heavy atom. The first kappa shape index (κ1) is 13.7. The van der Waals surface area contributed by atoms with Crippen LogP contribution in [-0.4, -0.2) is 21.9 Å². The lowest BCUT2D eigenvalue weighted by molar-refractivity contribution is 0.0928. The minimum atomic E-state index is -0.214. The highest BCUT2D eigenvalue weighted by Crippen LogP contribution is 2.25. The van der Waals surface area contributed by atoms with Gasteiger partial charge in [-0.3, -0.25) is 4.79 Å². The molecule has 0 aliphatic heterocycles. The van der Waals surface area contributed by atoms with Crippen molar-refractivity contribution in [1.82, 2.24) is 5.32 Å². The number of phenolic OH excluding ortho intramolecular Hbond substituents is 1. The molecule has 0 aromatic heterocycles. The van der Waals surface area contributed by atoms with Gasteiger partial charge < -0.3 is 10.4 Å². The van der Waals surface area contributed by atoms with Crippen LogP contribution < -0.4 is 5.32 Å². The Bertz CT molecular complexity index is 445. The lowest BCUT2D eigenvalue weighted by Crippen LogP contribution is -2.37. The normalized spacial score (nSPS) is 23.7. The number of nitrogens with one attached hydrogen (secondary N) is 1. The Kier molecular flexibility index (Phi) is 4.51. The second-order valence-electron chi connectivity index (χ2n) is 4.59. The monoisotopic (exact) mass is 331 g/mol. The van der Waals surface area contributed by atoms with Gasteiger partial charge in [-0.15, -0.1) is 0 Å². The smallest absolute Gasteiger partial charge is 0.253 e. The summed E-state index contributed by atoms with van der Waals surface area (Å²) in [5, 5.41) is 12.7. The fraction of sp³-hybridized carbons (Fsp3) is 0.462. The summed E-state index contributed by atoms with van der Waals surface area (Å²) < 4.78 is 0. The van der Waals surface area contributed by atoms with Gasteiger partial charge in [0.1, 0.15) is 5.75 Å². The van der Waals surface area contributed by atoms with Crippen molar-refractivity contribution in [3.05, 3.63) is 28.8 Å². The minimum absolute atomic E-state index is 0.0497. The molecule has 5 heteroatoms. The Labute approximate surface area is 120 Å². The van der Waals surface area contributed by atoms with Crippen LogP contribution in [0.25, 0.3) is 0 Å². The Morgan fingerprint density at radius 1 is 1.33 bits per heavy atom. The van der Waals surface area contributed by atoms with E-state index in [1.165, 1.54) is 18.2 Å². The van der Waals surface area contributed by atoms with E-state index in [1.54, 1.807) is 0 Å². The topological polar surface area (TPSA) is 49.3 Å². The molecule has 0 saturated heterocycles. The van der Waals surface area contributed by atoms with E-state index in [9.17, 15) is 9.90 Å². The molecule has 0 radical (unpaired) electrons. The zero-order chi connectivity index (χ0) is 13.1. The first-order valence-corrected chi connectivity index (χ1v) is 7.29. The van der Waals surface area contributed by atoms with Crippen LogP contribution in [0.2, 0.25) is 5.02 Å². The van der Waals surface area contributed by atoms with E-state index < -0.39 is 0 Å². The predicted molar refractivity (Wildman–Crippen MR) is 75.6 cm³/mol. The summed E-state index contributed by atoms with van der Waals surface area (Å²) in [4.78, 5) is 12.6. The highest BCUT2D eigenvalue weighted by atomic mass is 79.9. The van der Waals surface area contributed by atoms with E-state index in [0.717, 1.165) is 25.7 Å². The highest BCUT2D eigenvalue weighted by Gasteiger charge is 2.22. The van der Waals surface area contributed by atoms with Crippen LogP contribution in [0.5, 0.6) is 5.75 Å². The molecule has 1 saturated carbocycles. The van der Waals surface area contributed by atoms with Crippen molar-refractivity contribution in [2.24, 2.45) is 0 Å². The van der Waals surface area contributed by atoms with Gasteiger partial charge in [0.15, 0.2) is 0 Å². The minimum Gasteiger partial charge on any atom is -0.508 e. The Balaban J connectivity index is 2.01. The number of alkyl halides is 1. The second kappa shape index (κ2) is 5.93. The molecule has 1 aromatic carbocycles. The molecule has 0 bridgehead atoms. The zero-order valence-electron chi connectivity index (χ0n) is 9.83. The number of hydrogen-bond donors (Lipinski definition) is 2. The van der Waals surface area contributed by atoms with E-state index in [4.69, 9.17) is 11.6 Å². The van der Waals surface area contributed by atoms with Gasteiger partial charge in [0.25, 0.3) is 5.91 Å². The molecule has 1 aromatic rings. The molecule has 2 rings (SSSR count). The van der Waals surface area contributed by atoms with Crippen molar-refractivity contribution < 1.29 is 9.90 Å². The third kappa shape index (κ3) is 3.39. The number of carbonyl (C=O) groups is 1. The van der Waals surface area contributed by atoms with Crippen LogP contribution in [0.15, 0.2) is 18.2 Å². The zero-order valence-corrected chi connectivity index (χ0v) is 12.2. The molecule has 0 atom stereocenters. The third-order valence-corrected chi connectivity index (χ3v) is 4.43. The maximum Gasteiger partial charge on any atom is 0.253 e. The average Bonchev–Trinajstić information content (AvgIpc) is 2.35. The first-order valence-electron chi connectivity index (χ1n) is 5.99. The summed E-state index contributed by atoms with van der Waals surface area (Å²) in [7, 11) is 0. The van der Waals surface area contributed by atoms with Crippen molar-refractivity contribution >= 4 is 33.4 Å². The molecule has 1 fully saturated rings. The molecule has 1 aliphatic rings. The van der Waals surface area contributed by atoms with Gasteiger partial charge in [-0.1, -0.05) is 27.5 Å².